The minimum absolute atomic E-state index is 0.0617. The molecule has 2 heterocycles. The lowest BCUT2D eigenvalue weighted by Crippen LogP contribution is -2.29. The van der Waals surface area contributed by atoms with Crippen LogP contribution in [0.5, 0.6) is 5.75 Å². The Bertz CT molecular complexity index is 494. The van der Waals surface area contributed by atoms with Gasteiger partial charge in [0.1, 0.15) is 11.6 Å². The Kier molecular flexibility index (Phi) is 4.35. The summed E-state index contributed by atoms with van der Waals surface area (Å²) in [5.41, 5.74) is 2.85. The summed E-state index contributed by atoms with van der Waals surface area (Å²) in [5.74, 6) is 7.55. The van der Waals surface area contributed by atoms with E-state index in [9.17, 15) is 0 Å². The van der Waals surface area contributed by atoms with Gasteiger partial charge >= 0.3 is 0 Å². The summed E-state index contributed by atoms with van der Waals surface area (Å²) in [6.07, 6.45) is 4.57. The quantitative estimate of drug-likeness (QED) is 0.617. The van der Waals surface area contributed by atoms with Crippen molar-refractivity contribution in [3.63, 3.8) is 0 Å². The number of hydrogen-bond donors (Lipinski definition) is 2. The molecule has 1 unspecified atom stereocenters. The molecule has 2 rings (SSSR count). The average Bonchev–Trinajstić information content (AvgIpc) is 3.04. The van der Waals surface area contributed by atoms with Crippen LogP contribution in [0, 0.1) is 0 Å². The van der Waals surface area contributed by atoms with Crippen LogP contribution in [0.1, 0.15) is 23.7 Å². The maximum atomic E-state index is 5.64. The molecule has 0 bridgehead atoms. The topological polar surface area (TPSA) is 65.1 Å². The number of ether oxygens (including phenoxy) is 1. The van der Waals surface area contributed by atoms with Crippen molar-refractivity contribution in [3.8, 4) is 5.75 Å². The van der Waals surface area contributed by atoms with E-state index in [0.29, 0.717) is 0 Å². The Morgan fingerprint density at radius 1 is 1.61 bits per heavy atom. The molecule has 2 aromatic rings. The van der Waals surface area contributed by atoms with Gasteiger partial charge in [0.15, 0.2) is 0 Å². The summed E-state index contributed by atoms with van der Waals surface area (Å²) in [7, 11) is 1.67. The molecule has 6 heteroatoms. The molecule has 0 aromatic carbocycles. The molecular formula is C12H18N4OS. The standard InChI is InChI=1S/C12H18N4OS/c1-3-16-5-4-14-12(16)7-10(15-13)11-6-9(17-2)8-18-11/h4-6,8,10,15H,3,7,13H2,1-2H3. The Balaban J connectivity index is 2.14. The fourth-order valence-electron chi connectivity index (χ4n) is 1.87. The number of nitrogens with one attached hydrogen (secondary N) is 1. The maximum absolute atomic E-state index is 5.64. The second kappa shape index (κ2) is 5.99. The van der Waals surface area contributed by atoms with Crippen molar-refractivity contribution in [2.45, 2.75) is 25.9 Å². The van der Waals surface area contributed by atoms with E-state index in [1.807, 2.05) is 23.8 Å². The minimum Gasteiger partial charge on any atom is -0.496 e. The van der Waals surface area contributed by atoms with Gasteiger partial charge in [-0.05, 0) is 13.0 Å². The summed E-state index contributed by atoms with van der Waals surface area (Å²) < 4.78 is 7.31. The highest BCUT2D eigenvalue weighted by Gasteiger charge is 2.16. The highest BCUT2D eigenvalue weighted by molar-refractivity contribution is 7.10. The number of hydrogen-bond acceptors (Lipinski definition) is 5. The van der Waals surface area contributed by atoms with Crippen molar-refractivity contribution in [2.75, 3.05) is 7.11 Å². The zero-order valence-corrected chi connectivity index (χ0v) is 11.4. The van der Waals surface area contributed by atoms with Crippen molar-refractivity contribution < 1.29 is 4.74 Å². The molecule has 5 nitrogen and oxygen atoms in total. The largest absolute Gasteiger partial charge is 0.496 e. The normalized spacial score (nSPS) is 12.6. The first-order valence-corrected chi connectivity index (χ1v) is 6.75. The van der Waals surface area contributed by atoms with E-state index in [1.54, 1.807) is 18.4 Å². The molecule has 0 aliphatic carbocycles. The van der Waals surface area contributed by atoms with Crippen LogP contribution in [0.3, 0.4) is 0 Å². The van der Waals surface area contributed by atoms with Gasteiger partial charge in [0.2, 0.25) is 0 Å². The highest BCUT2D eigenvalue weighted by Crippen LogP contribution is 2.28. The Morgan fingerprint density at radius 2 is 2.44 bits per heavy atom. The number of nitrogens with zero attached hydrogens (tertiary/aromatic N) is 2. The fraction of sp³-hybridized carbons (Fsp3) is 0.417. The molecule has 3 N–H and O–H groups in total. The number of imidazole rings is 1. The molecule has 18 heavy (non-hydrogen) atoms. The van der Waals surface area contributed by atoms with Crippen LogP contribution in [-0.2, 0) is 13.0 Å². The molecular weight excluding hydrogens is 248 g/mol. The summed E-state index contributed by atoms with van der Waals surface area (Å²) >= 11 is 1.64. The van der Waals surface area contributed by atoms with Crippen LogP contribution in [0.4, 0.5) is 0 Å². The molecule has 0 aliphatic rings. The molecule has 2 aromatic heterocycles. The molecule has 0 radical (unpaired) electrons. The van der Waals surface area contributed by atoms with Crippen molar-refractivity contribution in [1.29, 1.82) is 0 Å². The van der Waals surface area contributed by atoms with Gasteiger partial charge in [0.05, 0.1) is 13.2 Å². The highest BCUT2D eigenvalue weighted by atomic mass is 32.1. The number of aromatic nitrogens is 2. The number of methoxy groups -OCH3 is 1. The summed E-state index contributed by atoms with van der Waals surface area (Å²) in [4.78, 5) is 5.52. The van der Waals surface area contributed by atoms with Crippen molar-refractivity contribution in [3.05, 3.63) is 34.5 Å². The summed E-state index contributed by atoms with van der Waals surface area (Å²) in [6, 6.07) is 2.07. The van der Waals surface area contributed by atoms with Gasteiger partial charge in [-0.25, -0.2) is 4.98 Å². The van der Waals surface area contributed by atoms with E-state index in [0.717, 1.165) is 29.4 Å². The van der Waals surface area contributed by atoms with E-state index >= 15 is 0 Å². The van der Waals surface area contributed by atoms with Gasteiger partial charge in [0, 0.05) is 35.6 Å². The summed E-state index contributed by atoms with van der Waals surface area (Å²) in [6.45, 7) is 3.02. The first-order valence-electron chi connectivity index (χ1n) is 5.87. The first-order chi connectivity index (χ1) is 8.78. The van der Waals surface area contributed by atoms with Crippen LogP contribution in [0.2, 0.25) is 0 Å². The van der Waals surface area contributed by atoms with E-state index < -0.39 is 0 Å². The lowest BCUT2D eigenvalue weighted by Gasteiger charge is -2.14. The third-order valence-electron chi connectivity index (χ3n) is 2.91. The van der Waals surface area contributed by atoms with Gasteiger partial charge in [0.25, 0.3) is 0 Å². The zero-order chi connectivity index (χ0) is 13.0. The Hall–Kier alpha value is -1.37. The first kappa shape index (κ1) is 13.1. The molecule has 0 saturated heterocycles. The molecule has 0 spiro atoms. The predicted molar refractivity (Wildman–Crippen MR) is 72.5 cm³/mol. The van der Waals surface area contributed by atoms with Gasteiger partial charge in [-0.1, -0.05) is 0 Å². The van der Waals surface area contributed by atoms with Crippen LogP contribution < -0.4 is 16.0 Å². The molecule has 0 aliphatic heterocycles. The van der Waals surface area contributed by atoms with E-state index in [2.05, 4.69) is 21.9 Å². The second-order valence-corrected chi connectivity index (χ2v) is 4.88. The van der Waals surface area contributed by atoms with Gasteiger partial charge in [-0.15, -0.1) is 11.3 Å². The fourth-order valence-corrected chi connectivity index (χ4v) is 2.78. The Labute approximate surface area is 111 Å². The van der Waals surface area contributed by atoms with Crippen LogP contribution in [0.25, 0.3) is 0 Å². The van der Waals surface area contributed by atoms with Crippen LogP contribution in [-0.4, -0.2) is 16.7 Å². The van der Waals surface area contributed by atoms with E-state index in [4.69, 9.17) is 10.6 Å². The molecule has 0 amide bonds. The van der Waals surface area contributed by atoms with Gasteiger partial charge in [-0.2, -0.15) is 0 Å². The number of nitrogens with two attached hydrogens (primary N) is 1. The van der Waals surface area contributed by atoms with Crippen LogP contribution >= 0.6 is 11.3 Å². The van der Waals surface area contributed by atoms with Crippen LogP contribution in [0.15, 0.2) is 23.8 Å². The van der Waals surface area contributed by atoms with Gasteiger partial charge < -0.3 is 9.30 Å². The smallest absolute Gasteiger partial charge is 0.129 e. The van der Waals surface area contributed by atoms with E-state index in [-0.39, 0.29) is 6.04 Å². The number of hydrazine groups is 1. The third-order valence-corrected chi connectivity index (χ3v) is 3.93. The Morgan fingerprint density at radius 3 is 3.06 bits per heavy atom. The van der Waals surface area contributed by atoms with Crippen molar-refractivity contribution in [2.24, 2.45) is 5.84 Å². The SMILES string of the molecule is CCn1ccnc1CC(NN)c1cc(OC)cs1. The zero-order valence-electron chi connectivity index (χ0n) is 10.6. The molecule has 0 fully saturated rings. The second-order valence-electron chi connectivity index (χ2n) is 3.94. The molecule has 1 atom stereocenters. The number of rotatable bonds is 6. The average molecular weight is 266 g/mol. The lowest BCUT2D eigenvalue weighted by molar-refractivity contribution is 0.415. The lowest BCUT2D eigenvalue weighted by atomic mass is 10.1. The van der Waals surface area contributed by atoms with Gasteiger partial charge in [-0.3, -0.25) is 11.3 Å². The minimum atomic E-state index is 0.0617. The molecule has 0 saturated carbocycles. The number of aryl methyl sites for hydroxylation is 1. The predicted octanol–water partition coefficient (Wildman–Crippen LogP) is 1.72. The van der Waals surface area contributed by atoms with E-state index in [1.165, 1.54) is 0 Å². The number of thiophene rings is 1. The third kappa shape index (κ3) is 2.72. The maximum Gasteiger partial charge on any atom is 0.129 e. The molecule has 98 valence electrons. The summed E-state index contributed by atoms with van der Waals surface area (Å²) in [5, 5.41) is 1.98. The van der Waals surface area contributed by atoms with Crippen molar-refractivity contribution in [1.82, 2.24) is 15.0 Å². The monoisotopic (exact) mass is 266 g/mol. The van der Waals surface area contributed by atoms with Crippen molar-refractivity contribution >= 4 is 11.3 Å².